The second-order valence-corrected chi connectivity index (χ2v) is 5.49. The van der Waals surface area contributed by atoms with Crippen LogP contribution in [0, 0.1) is 0 Å². The summed E-state index contributed by atoms with van der Waals surface area (Å²) in [7, 11) is 0. The van der Waals surface area contributed by atoms with E-state index in [0.29, 0.717) is 22.9 Å². The number of benzene rings is 2. The average Bonchev–Trinajstić information content (AvgIpc) is 2.43. The summed E-state index contributed by atoms with van der Waals surface area (Å²) in [6, 6.07) is 15.2. The normalized spacial score (nSPS) is 14.1. The molecule has 0 heterocycles. The molecule has 19 heavy (non-hydrogen) atoms. The minimum atomic E-state index is -0.921. The van der Waals surface area contributed by atoms with Crippen LogP contribution in [0.5, 0.6) is 0 Å². The minimum absolute atomic E-state index is 0.471. The van der Waals surface area contributed by atoms with Gasteiger partial charge in [-0.25, -0.2) is 0 Å². The van der Waals surface area contributed by atoms with Crippen LogP contribution < -0.4 is 0 Å². The summed E-state index contributed by atoms with van der Waals surface area (Å²) >= 11 is 12.0. The van der Waals surface area contributed by atoms with Crippen molar-refractivity contribution in [1.82, 2.24) is 0 Å². The second-order valence-electron chi connectivity index (χ2n) is 4.68. The van der Waals surface area contributed by atoms with Crippen molar-refractivity contribution in [2.75, 3.05) is 0 Å². The highest BCUT2D eigenvalue weighted by molar-refractivity contribution is 6.42. The molecule has 0 aromatic heterocycles. The summed E-state index contributed by atoms with van der Waals surface area (Å²) in [6.07, 6.45) is 1.17. The van der Waals surface area contributed by atoms with E-state index in [-0.39, 0.29) is 0 Å². The number of hydrogen-bond acceptors (Lipinski definition) is 1. The monoisotopic (exact) mass is 294 g/mol. The molecule has 100 valence electrons. The molecule has 1 nitrogen and oxygen atoms in total. The van der Waals surface area contributed by atoms with Crippen LogP contribution in [-0.2, 0) is 12.0 Å². The smallest absolute Gasteiger partial charge is 0.0934 e. The van der Waals surface area contributed by atoms with E-state index in [4.69, 9.17) is 23.2 Å². The molecule has 0 saturated heterocycles. The Morgan fingerprint density at radius 3 is 2.26 bits per heavy atom. The van der Waals surface area contributed by atoms with Gasteiger partial charge in [0.25, 0.3) is 0 Å². The molecule has 0 saturated carbocycles. The Labute approximate surface area is 123 Å². The Morgan fingerprint density at radius 1 is 1.00 bits per heavy atom. The highest BCUT2D eigenvalue weighted by Gasteiger charge is 2.28. The second kappa shape index (κ2) is 5.96. The molecule has 0 bridgehead atoms. The van der Waals surface area contributed by atoms with Crippen LogP contribution in [0.25, 0.3) is 0 Å². The summed E-state index contributed by atoms with van der Waals surface area (Å²) in [5.41, 5.74) is 0.974. The standard InChI is InChI=1S/C16H16Cl2O/c1-2-16(19,11-12-6-4-3-5-7-12)13-8-9-14(17)15(18)10-13/h3-10,19H,2,11H2,1H3. The van der Waals surface area contributed by atoms with Crippen LogP contribution in [0.4, 0.5) is 0 Å². The maximum absolute atomic E-state index is 10.9. The molecule has 1 unspecified atom stereocenters. The Balaban J connectivity index is 2.33. The van der Waals surface area contributed by atoms with Crippen LogP contribution in [0.2, 0.25) is 10.0 Å². The first-order valence-corrected chi connectivity index (χ1v) is 7.02. The van der Waals surface area contributed by atoms with E-state index < -0.39 is 5.60 Å². The molecule has 0 aliphatic carbocycles. The van der Waals surface area contributed by atoms with E-state index in [2.05, 4.69) is 0 Å². The molecule has 0 spiro atoms. The van der Waals surface area contributed by atoms with Crippen molar-refractivity contribution in [3.63, 3.8) is 0 Å². The molecule has 3 heteroatoms. The molecule has 1 atom stereocenters. The first-order valence-electron chi connectivity index (χ1n) is 6.27. The van der Waals surface area contributed by atoms with Crippen LogP contribution in [0.15, 0.2) is 48.5 Å². The Bertz CT molecular complexity index is 554. The van der Waals surface area contributed by atoms with Crippen molar-refractivity contribution in [2.45, 2.75) is 25.4 Å². The third-order valence-electron chi connectivity index (χ3n) is 3.38. The van der Waals surface area contributed by atoms with Gasteiger partial charge in [0.15, 0.2) is 0 Å². The largest absolute Gasteiger partial charge is 0.385 e. The zero-order valence-corrected chi connectivity index (χ0v) is 12.2. The van der Waals surface area contributed by atoms with E-state index in [0.717, 1.165) is 11.1 Å². The highest BCUT2D eigenvalue weighted by Crippen LogP contribution is 2.33. The Hall–Kier alpha value is -1.02. The van der Waals surface area contributed by atoms with Crippen LogP contribution in [0.3, 0.4) is 0 Å². The summed E-state index contributed by atoms with van der Waals surface area (Å²) in [5.74, 6) is 0. The molecule has 2 aromatic carbocycles. The van der Waals surface area contributed by atoms with Gasteiger partial charge in [0.1, 0.15) is 0 Å². The van der Waals surface area contributed by atoms with Crippen molar-refractivity contribution >= 4 is 23.2 Å². The van der Waals surface area contributed by atoms with Gasteiger partial charge in [-0.05, 0) is 29.7 Å². The summed E-state index contributed by atoms with van der Waals surface area (Å²) in [5, 5.41) is 11.8. The third kappa shape index (κ3) is 3.30. The fourth-order valence-electron chi connectivity index (χ4n) is 2.15. The van der Waals surface area contributed by atoms with Gasteiger partial charge < -0.3 is 5.11 Å². The summed E-state index contributed by atoms with van der Waals surface area (Å²) in [6.45, 7) is 1.96. The van der Waals surface area contributed by atoms with Gasteiger partial charge >= 0.3 is 0 Å². The van der Waals surface area contributed by atoms with E-state index in [1.54, 1.807) is 12.1 Å². The van der Waals surface area contributed by atoms with Gasteiger partial charge in [0, 0.05) is 6.42 Å². The maximum atomic E-state index is 10.9. The fraction of sp³-hybridized carbons (Fsp3) is 0.250. The SMILES string of the molecule is CCC(O)(Cc1ccccc1)c1ccc(Cl)c(Cl)c1. The van der Waals surface area contributed by atoms with E-state index in [1.165, 1.54) is 0 Å². The Morgan fingerprint density at radius 2 is 1.68 bits per heavy atom. The van der Waals surface area contributed by atoms with Gasteiger partial charge in [-0.15, -0.1) is 0 Å². The first-order chi connectivity index (χ1) is 9.05. The van der Waals surface area contributed by atoms with Crippen molar-refractivity contribution in [3.05, 3.63) is 69.7 Å². The van der Waals surface area contributed by atoms with Gasteiger partial charge in [0.2, 0.25) is 0 Å². The number of rotatable bonds is 4. The summed E-state index contributed by atoms with van der Waals surface area (Å²) in [4.78, 5) is 0. The lowest BCUT2D eigenvalue weighted by Gasteiger charge is -2.28. The molecule has 0 amide bonds. The van der Waals surface area contributed by atoms with Gasteiger partial charge in [-0.1, -0.05) is 66.5 Å². The lowest BCUT2D eigenvalue weighted by Crippen LogP contribution is -2.27. The molecule has 2 rings (SSSR count). The lowest BCUT2D eigenvalue weighted by molar-refractivity contribution is 0.0327. The van der Waals surface area contributed by atoms with E-state index >= 15 is 0 Å². The third-order valence-corrected chi connectivity index (χ3v) is 4.12. The lowest BCUT2D eigenvalue weighted by atomic mass is 9.85. The summed E-state index contributed by atoms with van der Waals surface area (Å²) < 4.78 is 0. The van der Waals surface area contributed by atoms with E-state index in [1.807, 2.05) is 43.3 Å². The molecule has 1 N–H and O–H groups in total. The molecule has 2 aromatic rings. The van der Waals surface area contributed by atoms with E-state index in [9.17, 15) is 5.11 Å². The molecular weight excluding hydrogens is 279 g/mol. The fourth-order valence-corrected chi connectivity index (χ4v) is 2.45. The van der Waals surface area contributed by atoms with Crippen molar-refractivity contribution in [2.24, 2.45) is 0 Å². The van der Waals surface area contributed by atoms with Crippen LogP contribution >= 0.6 is 23.2 Å². The first kappa shape index (κ1) is 14.4. The predicted octanol–water partition coefficient (Wildman–Crippen LogP) is 4.83. The molecule has 0 radical (unpaired) electrons. The Kier molecular flexibility index (Phi) is 4.51. The molecular formula is C16H16Cl2O. The predicted molar refractivity (Wildman–Crippen MR) is 80.8 cm³/mol. The van der Waals surface area contributed by atoms with Gasteiger partial charge in [-0.3, -0.25) is 0 Å². The minimum Gasteiger partial charge on any atom is -0.385 e. The average molecular weight is 295 g/mol. The zero-order chi connectivity index (χ0) is 13.9. The molecule has 0 aliphatic heterocycles. The van der Waals surface area contributed by atoms with Crippen molar-refractivity contribution < 1.29 is 5.11 Å². The molecule has 0 aliphatic rings. The molecule has 0 fully saturated rings. The topological polar surface area (TPSA) is 20.2 Å². The number of hydrogen-bond donors (Lipinski definition) is 1. The highest BCUT2D eigenvalue weighted by atomic mass is 35.5. The van der Waals surface area contributed by atoms with Crippen LogP contribution in [0.1, 0.15) is 24.5 Å². The van der Waals surface area contributed by atoms with Gasteiger partial charge in [0.05, 0.1) is 15.6 Å². The zero-order valence-electron chi connectivity index (χ0n) is 10.7. The van der Waals surface area contributed by atoms with Crippen molar-refractivity contribution in [1.29, 1.82) is 0 Å². The van der Waals surface area contributed by atoms with Crippen molar-refractivity contribution in [3.8, 4) is 0 Å². The number of halogens is 2. The quantitative estimate of drug-likeness (QED) is 0.856. The maximum Gasteiger partial charge on any atom is 0.0934 e. The van der Waals surface area contributed by atoms with Crippen LogP contribution in [-0.4, -0.2) is 5.11 Å². The van der Waals surface area contributed by atoms with Gasteiger partial charge in [-0.2, -0.15) is 0 Å². The number of aliphatic hydroxyl groups is 1.